The molecule has 0 aliphatic heterocycles. The Hall–Kier alpha value is -1.69. The molecule has 2 heterocycles. The molecule has 0 saturated heterocycles. The minimum atomic E-state index is 0.531. The maximum absolute atomic E-state index is 5.54. The van der Waals surface area contributed by atoms with Gasteiger partial charge >= 0.3 is 0 Å². The van der Waals surface area contributed by atoms with E-state index in [1.54, 1.807) is 12.4 Å². The van der Waals surface area contributed by atoms with E-state index in [0.29, 0.717) is 11.8 Å². The Morgan fingerprint density at radius 2 is 2.35 bits per heavy atom. The van der Waals surface area contributed by atoms with Crippen molar-refractivity contribution in [3.8, 4) is 11.5 Å². The van der Waals surface area contributed by atoms with Gasteiger partial charge in [-0.15, -0.1) is 10.2 Å². The first-order chi connectivity index (χ1) is 8.42. The largest absolute Gasteiger partial charge is 0.421 e. The highest BCUT2D eigenvalue weighted by atomic mass is 16.4. The molecule has 0 radical (unpaired) electrons. The maximum atomic E-state index is 5.54. The first-order valence-electron chi connectivity index (χ1n) is 5.97. The van der Waals surface area contributed by atoms with Gasteiger partial charge in [0.25, 0.3) is 5.89 Å². The quantitative estimate of drug-likeness (QED) is 0.731. The molecule has 1 aliphatic rings. The Kier molecular flexibility index (Phi) is 2.87. The summed E-state index contributed by atoms with van der Waals surface area (Å²) >= 11 is 0. The molecule has 6 heteroatoms. The normalized spacial score (nSPS) is 15.3. The van der Waals surface area contributed by atoms with Crippen LogP contribution in [-0.4, -0.2) is 33.0 Å². The summed E-state index contributed by atoms with van der Waals surface area (Å²) in [6.07, 6.45) is 7.92. The van der Waals surface area contributed by atoms with E-state index in [9.17, 15) is 0 Å². The van der Waals surface area contributed by atoms with Crippen molar-refractivity contribution in [2.24, 2.45) is 0 Å². The number of nitrogens with zero attached hydrogens (tertiary/aromatic N) is 3. The summed E-state index contributed by atoms with van der Waals surface area (Å²) in [5.74, 6) is 1.22. The van der Waals surface area contributed by atoms with Crippen LogP contribution in [0.25, 0.3) is 11.5 Å². The number of nitrogens with one attached hydrogen (secondary N) is 2. The molecule has 0 unspecified atom stereocenters. The van der Waals surface area contributed by atoms with Crippen molar-refractivity contribution in [3.05, 3.63) is 18.3 Å². The van der Waals surface area contributed by atoms with Crippen LogP contribution >= 0.6 is 0 Å². The van der Waals surface area contributed by atoms with Crippen molar-refractivity contribution in [3.63, 3.8) is 0 Å². The zero-order valence-electron chi connectivity index (χ0n) is 9.52. The van der Waals surface area contributed by atoms with Gasteiger partial charge in [0.2, 0.25) is 5.89 Å². The minimum absolute atomic E-state index is 0.531. The summed E-state index contributed by atoms with van der Waals surface area (Å²) in [4.78, 5) is 0. The van der Waals surface area contributed by atoms with E-state index >= 15 is 0 Å². The monoisotopic (exact) mass is 233 g/mol. The van der Waals surface area contributed by atoms with Crippen LogP contribution in [0.2, 0.25) is 0 Å². The van der Waals surface area contributed by atoms with E-state index in [0.717, 1.165) is 31.0 Å². The number of hydrogen-bond acceptors (Lipinski definition) is 5. The Balaban J connectivity index is 1.50. The zero-order chi connectivity index (χ0) is 11.5. The molecular formula is C11H15N5O. The van der Waals surface area contributed by atoms with Crippen molar-refractivity contribution in [2.75, 3.05) is 6.54 Å². The molecule has 90 valence electrons. The Bertz CT molecular complexity index is 460. The third-order valence-electron chi connectivity index (χ3n) is 2.79. The van der Waals surface area contributed by atoms with Gasteiger partial charge in [0.15, 0.2) is 0 Å². The van der Waals surface area contributed by atoms with Crippen LogP contribution in [0.5, 0.6) is 0 Å². The molecule has 0 spiro atoms. The third kappa shape index (κ3) is 2.71. The summed E-state index contributed by atoms with van der Waals surface area (Å²) < 4.78 is 5.54. The highest BCUT2D eigenvalue weighted by Gasteiger charge is 2.19. The van der Waals surface area contributed by atoms with Crippen molar-refractivity contribution in [1.82, 2.24) is 25.7 Å². The van der Waals surface area contributed by atoms with Crippen molar-refractivity contribution in [2.45, 2.75) is 31.7 Å². The van der Waals surface area contributed by atoms with Crippen LogP contribution in [0.15, 0.2) is 16.8 Å². The molecule has 1 saturated carbocycles. The van der Waals surface area contributed by atoms with Crippen LogP contribution in [0.4, 0.5) is 0 Å². The van der Waals surface area contributed by atoms with Crippen LogP contribution in [0.3, 0.4) is 0 Å². The maximum Gasteiger partial charge on any atom is 0.250 e. The van der Waals surface area contributed by atoms with Gasteiger partial charge in [-0.2, -0.15) is 5.10 Å². The molecular weight excluding hydrogens is 218 g/mol. The summed E-state index contributed by atoms with van der Waals surface area (Å²) in [7, 11) is 0. The zero-order valence-corrected chi connectivity index (χ0v) is 9.52. The lowest BCUT2D eigenvalue weighted by atomic mass is 10.3. The molecule has 0 atom stereocenters. The number of aryl methyl sites for hydroxylation is 1. The Labute approximate surface area is 98.8 Å². The van der Waals surface area contributed by atoms with Crippen molar-refractivity contribution < 1.29 is 4.42 Å². The second-order valence-corrected chi connectivity index (χ2v) is 4.32. The molecule has 1 fully saturated rings. The lowest BCUT2D eigenvalue weighted by molar-refractivity contribution is 0.491. The number of rotatable bonds is 6. The SMILES string of the molecule is c1n[nH]cc1-c1nnc(CCCNC2CC2)o1. The van der Waals surface area contributed by atoms with Crippen molar-refractivity contribution >= 4 is 0 Å². The number of aromatic nitrogens is 4. The van der Waals surface area contributed by atoms with E-state index in [-0.39, 0.29) is 0 Å². The molecule has 6 nitrogen and oxygen atoms in total. The lowest BCUT2D eigenvalue weighted by Gasteiger charge is -1.99. The number of hydrogen-bond donors (Lipinski definition) is 2. The van der Waals surface area contributed by atoms with Crippen LogP contribution in [0.1, 0.15) is 25.2 Å². The van der Waals surface area contributed by atoms with Crippen LogP contribution in [-0.2, 0) is 6.42 Å². The Morgan fingerprint density at radius 3 is 3.12 bits per heavy atom. The van der Waals surface area contributed by atoms with Gasteiger partial charge in [0, 0.05) is 18.7 Å². The molecule has 2 aromatic heterocycles. The fourth-order valence-electron chi connectivity index (χ4n) is 1.67. The van der Waals surface area contributed by atoms with Crippen molar-refractivity contribution in [1.29, 1.82) is 0 Å². The van der Waals surface area contributed by atoms with Gasteiger partial charge < -0.3 is 9.73 Å². The topological polar surface area (TPSA) is 79.6 Å². The van der Waals surface area contributed by atoms with Gasteiger partial charge in [-0.05, 0) is 25.8 Å². The highest BCUT2D eigenvalue weighted by molar-refractivity contribution is 5.48. The summed E-state index contributed by atoms with van der Waals surface area (Å²) in [6, 6.07) is 0.763. The highest BCUT2D eigenvalue weighted by Crippen LogP contribution is 2.19. The molecule has 3 rings (SSSR count). The van der Waals surface area contributed by atoms with E-state index < -0.39 is 0 Å². The first kappa shape index (κ1) is 10.5. The minimum Gasteiger partial charge on any atom is -0.421 e. The van der Waals surface area contributed by atoms with E-state index in [1.165, 1.54) is 12.8 Å². The first-order valence-corrected chi connectivity index (χ1v) is 5.97. The summed E-state index contributed by atoms with van der Waals surface area (Å²) in [5.41, 5.74) is 0.833. The average molecular weight is 233 g/mol. The third-order valence-corrected chi connectivity index (χ3v) is 2.79. The van der Waals surface area contributed by atoms with E-state index in [2.05, 4.69) is 25.7 Å². The smallest absolute Gasteiger partial charge is 0.250 e. The fourth-order valence-corrected chi connectivity index (χ4v) is 1.67. The summed E-state index contributed by atoms with van der Waals surface area (Å²) in [5, 5.41) is 18.0. The number of aromatic amines is 1. The molecule has 2 aromatic rings. The molecule has 1 aliphatic carbocycles. The summed E-state index contributed by atoms with van der Waals surface area (Å²) in [6.45, 7) is 1.02. The standard InChI is InChI=1S/C11H15N5O/c1(5-12-9-3-4-9)2-10-15-16-11(17-10)8-6-13-14-7-8/h6-7,9,12H,1-5H2,(H,13,14). The molecule has 17 heavy (non-hydrogen) atoms. The second kappa shape index (κ2) is 4.67. The predicted molar refractivity (Wildman–Crippen MR) is 61.2 cm³/mol. The van der Waals surface area contributed by atoms with Gasteiger partial charge in [0.05, 0.1) is 11.8 Å². The second-order valence-electron chi connectivity index (χ2n) is 4.32. The van der Waals surface area contributed by atoms with E-state index in [4.69, 9.17) is 4.42 Å². The lowest BCUT2D eigenvalue weighted by Crippen LogP contribution is -2.17. The Morgan fingerprint density at radius 1 is 1.41 bits per heavy atom. The number of H-pyrrole nitrogens is 1. The predicted octanol–water partition coefficient (Wildman–Crippen LogP) is 1.14. The van der Waals surface area contributed by atoms with Crippen LogP contribution < -0.4 is 5.32 Å². The van der Waals surface area contributed by atoms with E-state index in [1.807, 2.05) is 0 Å². The van der Waals surface area contributed by atoms with Gasteiger partial charge in [-0.25, -0.2) is 0 Å². The van der Waals surface area contributed by atoms with Gasteiger partial charge in [-0.1, -0.05) is 0 Å². The average Bonchev–Trinajstić information content (AvgIpc) is 2.84. The molecule has 2 N–H and O–H groups in total. The molecule has 0 bridgehead atoms. The van der Waals surface area contributed by atoms with Crippen LogP contribution in [0, 0.1) is 0 Å². The molecule has 0 aromatic carbocycles. The van der Waals surface area contributed by atoms with Gasteiger partial charge in [0.1, 0.15) is 0 Å². The molecule has 0 amide bonds. The fraction of sp³-hybridized carbons (Fsp3) is 0.545. The van der Waals surface area contributed by atoms with Gasteiger partial charge in [-0.3, -0.25) is 5.10 Å².